The largest absolute Gasteiger partial charge is 0.496 e. The molecule has 0 aliphatic heterocycles. The lowest BCUT2D eigenvalue weighted by atomic mass is 9.96. The number of hydrogen-bond acceptors (Lipinski definition) is 8. The van der Waals surface area contributed by atoms with E-state index in [1.54, 1.807) is 37.4 Å². The summed E-state index contributed by atoms with van der Waals surface area (Å²) in [7, 11) is 4.76. The average molecular weight is 646 g/mol. The standard InChI is InChI=1S/C35H30F3N3O6/c1-39-34(44)31-24-15-23(19-6-9-28(45-3)25(12-19)35-40-32-26(38)13-21(37)14-30(32)47-35)27(41(2)11-10-22(43)17-42)16-29(24)46-33(31)18-4-7-20(36)8-5-18/h4-9,12-16,22,42-43H,10-11,17H2,1-3H3,(H,39,44). The molecule has 0 radical (unpaired) electrons. The molecule has 0 aliphatic rings. The van der Waals surface area contributed by atoms with Crippen molar-refractivity contribution in [3.63, 3.8) is 0 Å². The van der Waals surface area contributed by atoms with Crippen molar-refractivity contribution >= 4 is 33.7 Å². The van der Waals surface area contributed by atoms with Crippen LogP contribution in [0.15, 0.2) is 75.6 Å². The molecule has 2 heterocycles. The summed E-state index contributed by atoms with van der Waals surface area (Å²) in [5, 5.41) is 22.6. The van der Waals surface area contributed by atoms with Gasteiger partial charge in [0.1, 0.15) is 34.2 Å². The summed E-state index contributed by atoms with van der Waals surface area (Å²) in [6.45, 7) is -0.0572. The Morgan fingerprint density at radius 2 is 1.70 bits per heavy atom. The third-order valence-corrected chi connectivity index (χ3v) is 7.94. The molecule has 1 unspecified atom stereocenters. The highest BCUT2D eigenvalue weighted by molar-refractivity contribution is 6.13. The third kappa shape index (κ3) is 6.00. The number of benzene rings is 4. The molecule has 1 amide bonds. The maximum atomic E-state index is 14.5. The maximum Gasteiger partial charge on any atom is 0.255 e. The van der Waals surface area contributed by atoms with Crippen molar-refractivity contribution in [3.05, 3.63) is 89.7 Å². The van der Waals surface area contributed by atoms with E-state index in [9.17, 15) is 28.2 Å². The van der Waals surface area contributed by atoms with Gasteiger partial charge in [-0.2, -0.15) is 0 Å². The van der Waals surface area contributed by atoms with Gasteiger partial charge in [0.15, 0.2) is 11.4 Å². The number of nitrogens with one attached hydrogen (secondary N) is 1. The number of ether oxygens (including phenoxy) is 1. The van der Waals surface area contributed by atoms with Crippen LogP contribution in [-0.2, 0) is 0 Å². The first-order valence-electron chi connectivity index (χ1n) is 14.6. The number of carbonyl (C=O) groups excluding carboxylic acids is 1. The minimum Gasteiger partial charge on any atom is -0.496 e. The van der Waals surface area contributed by atoms with Crippen LogP contribution >= 0.6 is 0 Å². The highest BCUT2D eigenvalue weighted by atomic mass is 19.1. The predicted octanol–water partition coefficient (Wildman–Crippen LogP) is 6.54. The van der Waals surface area contributed by atoms with E-state index in [4.69, 9.17) is 13.6 Å². The molecule has 47 heavy (non-hydrogen) atoms. The Labute approximate surface area is 266 Å². The molecule has 4 aromatic carbocycles. The molecule has 242 valence electrons. The van der Waals surface area contributed by atoms with Gasteiger partial charge >= 0.3 is 0 Å². The number of methoxy groups -OCH3 is 1. The van der Waals surface area contributed by atoms with Crippen molar-refractivity contribution in [3.8, 4) is 39.7 Å². The summed E-state index contributed by atoms with van der Waals surface area (Å²) < 4.78 is 59.8. The Bertz CT molecular complexity index is 2110. The first kappa shape index (κ1) is 31.6. The predicted molar refractivity (Wildman–Crippen MR) is 171 cm³/mol. The second-order valence-corrected chi connectivity index (χ2v) is 11.0. The zero-order valence-electron chi connectivity index (χ0n) is 25.6. The van der Waals surface area contributed by atoms with Crippen LogP contribution < -0.4 is 15.0 Å². The van der Waals surface area contributed by atoms with Gasteiger partial charge in [-0.15, -0.1) is 0 Å². The minimum atomic E-state index is -0.935. The first-order valence-corrected chi connectivity index (χ1v) is 14.6. The highest BCUT2D eigenvalue weighted by Crippen LogP contribution is 2.43. The monoisotopic (exact) mass is 645 g/mol. The van der Waals surface area contributed by atoms with Gasteiger partial charge in [0.2, 0.25) is 5.89 Å². The fraction of sp³-hybridized carbons (Fsp3) is 0.200. The van der Waals surface area contributed by atoms with Gasteiger partial charge in [0.25, 0.3) is 5.91 Å². The second kappa shape index (κ2) is 12.8. The summed E-state index contributed by atoms with van der Waals surface area (Å²) in [5.41, 5.74) is 3.16. The Morgan fingerprint density at radius 1 is 0.957 bits per heavy atom. The number of aromatic nitrogens is 1. The molecular formula is C35H30F3N3O6. The smallest absolute Gasteiger partial charge is 0.255 e. The highest BCUT2D eigenvalue weighted by Gasteiger charge is 2.25. The quantitative estimate of drug-likeness (QED) is 0.154. The number of anilines is 1. The van der Waals surface area contributed by atoms with E-state index in [1.807, 2.05) is 4.90 Å². The van der Waals surface area contributed by atoms with E-state index in [1.165, 1.54) is 38.4 Å². The Hall–Kier alpha value is -5.33. The molecule has 0 saturated heterocycles. The number of furan rings is 1. The number of nitrogens with zero attached hydrogens (tertiary/aromatic N) is 2. The molecule has 0 aliphatic carbocycles. The van der Waals surface area contributed by atoms with Crippen molar-refractivity contribution in [2.24, 2.45) is 0 Å². The van der Waals surface area contributed by atoms with Crippen LogP contribution in [0.25, 0.3) is 56.0 Å². The number of hydrogen-bond donors (Lipinski definition) is 3. The van der Waals surface area contributed by atoms with Crippen molar-refractivity contribution in [1.82, 2.24) is 10.3 Å². The normalized spacial score (nSPS) is 12.1. The summed E-state index contributed by atoms with van der Waals surface area (Å²) >= 11 is 0. The van der Waals surface area contributed by atoms with E-state index >= 15 is 0 Å². The maximum absolute atomic E-state index is 14.5. The van der Waals surface area contributed by atoms with Gasteiger partial charge in [-0.1, -0.05) is 6.07 Å². The molecule has 6 rings (SSSR count). The Kier molecular flexibility index (Phi) is 8.63. The molecule has 6 aromatic rings. The SMILES string of the molecule is CNC(=O)c1c(-c2ccc(F)cc2)oc2cc(N(C)CCC(O)CO)c(-c3ccc(OC)c(-c4nc5c(F)cc(F)cc5o4)c3)cc12. The molecule has 0 bridgehead atoms. The fourth-order valence-electron chi connectivity index (χ4n) is 5.50. The van der Waals surface area contributed by atoms with Crippen LogP contribution in [-0.4, -0.2) is 61.6 Å². The van der Waals surface area contributed by atoms with Crippen LogP contribution in [0, 0.1) is 17.5 Å². The van der Waals surface area contributed by atoms with Crippen LogP contribution in [0.1, 0.15) is 16.8 Å². The second-order valence-electron chi connectivity index (χ2n) is 11.0. The number of rotatable bonds is 10. The van der Waals surface area contributed by atoms with Gasteiger partial charge in [-0.05, 0) is 54.4 Å². The summed E-state index contributed by atoms with van der Waals surface area (Å²) in [4.78, 5) is 19.4. The van der Waals surface area contributed by atoms with Crippen LogP contribution in [0.5, 0.6) is 5.75 Å². The average Bonchev–Trinajstić information content (AvgIpc) is 3.68. The van der Waals surface area contributed by atoms with Crippen molar-refractivity contribution < 1.29 is 41.8 Å². The van der Waals surface area contributed by atoms with Crippen molar-refractivity contribution in [2.45, 2.75) is 12.5 Å². The number of halogens is 3. The molecule has 0 fully saturated rings. The number of aliphatic hydroxyl groups is 2. The molecule has 3 N–H and O–H groups in total. The van der Waals surface area contributed by atoms with Gasteiger partial charge in [0, 0.05) is 61.0 Å². The number of fused-ring (bicyclic) bond motifs is 2. The van der Waals surface area contributed by atoms with E-state index in [2.05, 4.69) is 10.3 Å². The van der Waals surface area contributed by atoms with Gasteiger partial charge in [-0.3, -0.25) is 4.79 Å². The van der Waals surface area contributed by atoms with E-state index < -0.39 is 36.1 Å². The van der Waals surface area contributed by atoms with Gasteiger partial charge < -0.3 is 34.0 Å². The summed E-state index contributed by atoms with van der Waals surface area (Å²) in [5.74, 6) is -1.94. The summed E-state index contributed by atoms with van der Waals surface area (Å²) in [6, 6.07) is 16.1. The molecule has 0 spiro atoms. The third-order valence-electron chi connectivity index (χ3n) is 7.94. The van der Waals surface area contributed by atoms with Crippen molar-refractivity contribution in [2.75, 3.05) is 39.3 Å². The van der Waals surface area contributed by atoms with Crippen LogP contribution in [0.3, 0.4) is 0 Å². The van der Waals surface area contributed by atoms with E-state index in [-0.39, 0.29) is 34.7 Å². The lowest BCUT2D eigenvalue weighted by molar-refractivity contribution is 0.0900. The van der Waals surface area contributed by atoms with Crippen LogP contribution in [0.2, 0.25) is 0 Å². The zero-order chi connectivity index (χ0) is 33.4. The van der Waals surface area contributed by atoms with E-state index in [0.717, 1.165) is 12.1 Å². The van der Waals surface area contributed by atoms with Gasteiger partial charge in [-0.25, -0.2) is 18.2 Å². The number of oxazole rings is 1. The zero-order valence-corrected chi connectivity index (χ0v) is 25.6. The van der Waals surface area contributed by atoms with Gasteiger partial charge in [0.05, 0.1) is 30.9 Å². The van der Waals surface area contributed by atoms with Crippen molar-refractivity contribution in [1.29, 1.82) is 0 Å². The Balaban J connectivity index is 1.58. The number of carbonyl (C=O) groups is 1. The van der Waals surface area contributed by atoms with E-state index in [0.29, 0.717) is 51.2 Å². The first-order chi connectivity index (χ1) is 22.6. The van der Waals surface area contributed by atoms with Crippen LogP contribution in [0.4, 0.5) is 18.9 Å². The number of aliphatic hydroxyl groups excluding tert-OH is 2. The lowest BCUT2D eigenvalue weighted by Crippen LogP contribution is -2.25. The molecule has 2 aromatic heterocycles. The molecule has 1 atom stereocenters. The molecule has 12 heteroatoms. The lowest BCUT2D eigenvalue weighted by Gasteiger charge is -2.24. The topological polar surface area (TPSA) is 121 Å². The Morgan fingerprint density at radius 3 is 2.40 bits per heavy atom. The molecule has 9 nitrogen and oxygen atoms in total. The fourth-order valence-corrected chi connectivity index (χ4v) is 5.50. The minimum absolute atomic E-state index is 0.00166. The summed E-state index contributed by atoms with van der Waals surface area (Å²) in [6.07, 6.45) is -0.679. The number of amides is 1. The molecular weight excluding hydrogens is 615 g/mol. The molecule has 0 saturated carbocycles.